The first-order valence-electron chi connectivity index (χ1n) is 26.8. The van der Waals surface area contributed by atoms with Gasteiger partial charge in [0.05, 0.1) is 33.1 Å². The second kappa shape index (κ2) is 18.9. The third-order valence-electron chi connectivity index (χ3n) is 16.0. The number of hydrogen-bond acceptors (Lipinski definition) is 4. The van der Waals surface area contributed by atoms with Crippen molar-refractivity contribution in [2.75, 3.05) is 0 Å². The molecule has 0 saturated carbocycles. The molecular formula is C70H49N7Si2. The van der Waals surface area contributed by atoms with Crippen LogP contribution >= 0.6 is 0 Å². The topological polar surface area (TPSA) is 65.8 Å². The molecule has 15 rings (SSSR count). The predicted molar refractivity (Wildman–Crippen MR) is 330 cm³/mol. The van der Waals surface area contributed by atoms with E-state index in [2.05, 4.69) is 293 Å². The third kappa shape index (κ3) is 7.24. The van der Waals surface area contributed by atoms with Crippen LogP contribution in [0.4, 0.5) is 0 Å². The Kier molecular flexibility index (Phi) is 11.1. The standard InChI is InChI=1S/C70H49N7Si2/c1-8-26-50(27-9-1)67-72-68(75-62-42-24-22-40-59(62)60-41-23-25-43-63(60)75)74-69(73-67)77-64-47-45-58(79(54-34-16-5-17-35-54,55-36-18-6-19-37-55)56-38-20-7-21-39-56)49-66(64)76-65-48-57(44-46-61(65)71-70(76)77)78(51-28-10-2-11-29-51,52-30-12-3-13-31-52)53-32-14-4-15-33-53/h1-49H. The molecule has 0 spiro atoms. The smallest absolute Gasteiger partial charge is 0.242 e. The molecule has 11 aromatic carbocycles. The van der Waals surface area contributed by atoms with Gasteiger partial charge in [-0.1, -0.05) is 261 Å². The Bertz CT molecular complexity index is 4460. The van der Waals surface area contributed by atoms with E-state index in [1.54, 1.807) is 0 Å². The number of nitrogens with zero attached hydrogens (tertiary/aromatic N) is 7. The molecule has 0 aliphatic heterocycles. The van der Waals surface area contributed by atoms with E-state index in [4.69, 9.17) is 19.9 Å². The normalized spacial score (nSPS) is 12.1. The van der Waals surface area contributed by atoms with Gasteiger partial charge in [-0.15, -0.1) is 0 Å². The third-order valence-corrected chi connectivity index (χ3v) is 25.6. The lowest BCUT2D eigenvalue weighted by molar-refractivity contribution is 0.885. The fourth-order valence-electron chi connectivity index (χ4n) is 12.7. The Hall–Kier alpha value is -10.1. The summed E-state index contributed by atoms with van der Waals surface area (Å²) in [5.41, 5.74) is 6.70. The van der Waals surface area contributed by atoms with Gasteiger partial charge < -0.3 is 0 Å². The highest BCUT2D eigenvalue weighted by atomic mass is 28.3. The molecule has 79 heavy (non-hydrogen) atoms. The van der Waals surface area contributed by atoms with Crippen molar-refractivity contribution in [2.24, 2.45) is 0 Å². The molecule has 0 fully saturated rings. The van der Waals surface area contributed by atoms with Crippen molar-refractivity contribution in [1.29, 1.82) is 0 Å². The lowest BCUT2D eigenvalue weighted by atomic mass is 10.2. The molecule has 0 aliphatic rings. The second-order valence-corrected chi connectivity index (χ2v) is 27.8. The lowest BCUT2D eigenvalue weighted by Crippen LogP contribution is -2.74. The van der Waals surface area contributed by atoms with Crippen molar-refractivity contribution in [3.05, 3.63) is 297 Å². The van der Waals surface area contributed by atoms with Crippen LogP contribution in [0, 0.1) is 0 Å². The molecule has 7 nitrogen and oxygen atoms in total. The number of imidazole rings is 2. The molecule has 15 aromatic rings. The monoisotopic (exact) mass is 1040 g/mol. The van der Waals surface area contributed by atoms with Crippen LogP contribution in [0.3, 0.4) is 0 Å². The van der Waals surface area contributed by atoms with Crippen molar-refractivity contribution in [1.82, 2.24) is 33.5 Å². The first-order valence-corrected chi connectivity index (χ1v) is 30.8. The Morgan fingerprint density at radius 3 is 1.06 bits per heavy atom. The summed E-state index contributed by atoms with van der Waals surface area (Å²) in [5, 5.41) is 12.6. The average molecular weight is 1040 g/mol. The van der Waals surface area contributed by atoms with Crippen molar-refractivity contribution < 1.29 is 0 Å². The molecule has 0 amide bonds. The predicted octanol–water partition coefficient (Wildman–Crippen LogP) is 10.1. The van der Waals surface area contributed by atoms with Gasteiger partial charge in [0.25, 0.3) is 0 Å². The van der Waals surface area contributed by atoms with Gasteiger partial charge in [-0.25, -0.2) is 9.55 Å². The van der Waals surface area contributed by atoms with Gasteiger partial charge in [-0.2, -0.15) is 15.0 Å². The Morgan fingerprint density at radius 2 is 0.620 bits per heavy atom. The Balaban J connectivity index is 1.09. The zero-order valence-electron chi connectivity index (χ0n) is 42.9. The molecule has 0 bridgehead atoms. The number of benzene rings is 11. The maximum atomic E-state index is 5.68. The minimum Gasteiger partial charge on any atom is -0.278 e. The lowest BCUT2D eigenvalue weighted by Gasteiger charge is -2.34. The summed E-state index contributed by atoms with van der Waals surface area (Å²) in [6, 6.07) is 108. The molecule has 0 atom stereocenters. The van der Waals surface area contributed by atoms with Gasteiger partial charge in [0, 0.05) is 16.3 Å². The summed E-state index contributed by atoms with van der Waals surface area (Å²) in [6.45, 7) is 0. The molecule has 4 heterocycles. The SMILES string of the molecule is c1ccc(-c2nc(-n3c4ccccc4c4ccccc43)nc(-n3c4ccc([Si](c5ccccc5)(c5ccccc5)c5ccccc5)cc4n4c5cc([Si](c6ccccc6)(c6ccccc6)c6ccccc6)ccc5nc34)n2)cc1. The van der Waals surface area contributed by atoms with Gasteiger partial charge in [0.15, 0.2) is 22.0 Å². The number of aromatic nitrogens is 7. The number of hydrogen-bond donors (Lipinski definition) is 0. The van der Waals surface area contributed by atoms with E-state index in [1.165, 1.54) is 41.5 Å². The first kappa shape index (κ1) is 46.3. The summed E-state index contributed by atoms with van der Waals surface area (Å²) >= 11 is 0. The highest BCUT2D eigenvalue weighted by Gasteiger charge is 2.43. The highest BCUT2D eigenvalue weighted by Crippen LogP contribution is 2.34. The van der Waals surface area contributed by atoms with Crippen molar-refractivity contribution in [3.63, 3.8) is 0 Å². The van der Waals surface area contributed by atoms with Gasteiger partial charge in [-0.05, 0) is 77.9 Å². The van der Waals surface area contributed by atoms with E-state index < -0.39 is 16.1 Å². The summed E-state index contributed by atoms with van der Waals surface area (Å²) in [5.74, 6) is 2.25. The number of rotatable bonds is 11. The van der Waals surface area contributed by atoms with Crippen LogP contribution in [-0.2, 0) is 0 Å². The van der Waals surface area contributed by atoms with Crippen LogP contribution in [0.2, 0.25) is 0 Å². The van der Waals surface area contributed by atoms with Gasteiger partial charge in [-0.3, -0.25) is 8.97 Å². The maximum Gasteiger partial charge on any atom is 0.242 e. The van der Waals surface area contributed by atoms with Gasteiger partial charge >= 0.3 is 0 Å². The maximum absolute atomic E-state index is 5.68. The van der Waals surface area contributed by atoms with Crippen LogP contribution in [0.5, 0.6) is 0 Å². The van der Waals surface area contributed by atoms with Gasteiger partial charge in [0.1, 0.15) is 0 Å². The van der Waals surface area contributed by atoms with E-state index in [9.17, 15) is 0 Å². The molecule has 372 valence electrons. The van der Waals surface area contributed by atoms with Crippen LogP contribution in [0.25, 0.3) is 72.9 Å². The number of para-hydroxylation sites is 2. The molecule has 0 N–H and O–H groups in total. The first-order chi connectivity index (χ1) is 39.2. The fraction of sp³-hybridized carbons (Fsp3) is 0. The average Bonchev–Trinajstić information content (AvgIpc) is 4.35. The van der Waals surface area contributed by atoms with Crippen LogP contribution in [0.1, 0.15) is 0 Å². The summed E-state index contributed by atoms with van der Waals surface area (Å²) < 4.78 is 6.72. The largest absolute Gasteiger partial charge is 0.278 e. The quantitative estimate of drug-likeness (QED) is 0.0957. The van der Waals surface area contributed by atoms with E-state index in [0.717, 1.165) is 49.4 Å². The number of fused-ring (bicyclic) bond motifs is 8. The molecule has 4 aromatic heterocycles. The molecule has 0 radical (unpaired) electrons. The van der Waals surface area contributed by atoms with Crippen LogP contribution in [0.15, 0.2) is 297 Å². The molecule has 9 heteroatoms. The molecule has 0 saturated heterocycles. The van der Waals surface area contributed by atoms with Crippen molar-refractivity contribution >= 4 is 107 Å². The molecular weight excluding hydrogens is 995 g/mol. The second-order valence-electron chi connectivity index (χ2n) is 20.2. The molecule has 0 unspecified atom stereocenters. The highest BCUT2D eigenvalue weighted by molar-refractivity contribution is 7.20. The Morgan fingerprint density at radius 1 is 0.253 bits per heavy atom. The minimum absolute atomic E-state index is 0.466. The van der Waals surface area contributed by atoms with E-state index >= 15 is 0 Å². The summed E-state index contributed by atoms with van der Waals surface area (Å²) in [6.07, 6.45) is 0. The zero-order valence-corrected chi connectivity index (χ0v) is 44.9. The van der Waals surface area contributed by atoms with Crippen molar-refractivity contribution in [2.45, 2.75) is 0 Å². The van der Waals surface area contributed by atoms with Crippen LogP contribution < -0.4 is 41.5 Å². The zero-order chi connectivity index (χ0) is 52.3. The summed E-state index contributed by atoms with van der Waals surface area (Å²) in [4.78, 5) is 22.1. The van der Waals surface area contributed by atoms with Crippen LogP contribution in [-0.4, -0.2) is 49.6 Å². The van der Waals surface area contributed by atoms with Gasteiger partial charge in [0.2, 0.25) is 17.7 Å². The fourth-order valence-corrected chi connectivity index (χ4v) is 22.2. The Labute approximate surface area is 458 Å². The molecule has 0 aliphatic carbocycles. The van der Waals surface area contributed by atoms with E-state index in [0.29, 0.717) is 23.5 Å². The van der Waals surface area contributed by atoms with Crippen molar-refractivity contribution in [3.8, 4) is 23.3 Å². The summed E-state index contributed by atoms with van der Waals surface area (Å²) in [7, 11) is -6.01. The van der Waals surface area contributed by atoms with E-state index in [-0.39, 0.29) is 0 Å². The van der Waals surface area contributed by atoms with E-state index in [1.807, 2.05) is 18.2 Å². The minimum atomic E-state index is -3.03.